The molecule has 0 radical (unpaired) electrons. The highest BCUT2D eigenvalue weighted by Gasteiger charge is 2.19. The maximum absolute atomic E-state index is 12.2. The van der Waals surface area contributed by atoms with Crippen molar-refractivity contribution in [2.75, 3.05) is 19.4 Å². The van der Waals surface area contributed by atoms with E-state index in [0.717, 1.165) is 21.5 Å². The van der Waals surface area contributed by atoms with E-state index < -0.39 is 10.0 Å². The van der Waals surface area contributed by atoms with Gasteiger partial charge in [-0.3, -0.25) is 4.98 Å². The van der Waals surface area contributed by atoms with Crippen LogP contribution in [0.2, 0.25) is 0 Å². The van der Waals surface area contributed by atoms with Crippen LogP contribution in [0.15, 0.2) is 40.7 Å². The van der Waals surface area contributed by atoms with Gasteiger partial charge in [-0.15, -0.1) is 11.3 Å². The van der Waals surface area contributed by atoms with Crippen LogP contribution in [0.5, 0.6) is 0 Å². The monoisotopic (exact) mass is 375 g/mol. The Morgan fingerprint density at radius 3 is 2.60 bits per heavy atom. The number of benzene rings is 1. The fourth-order valence-electron chi connectivity index (χ4n) is 2.57. The van der Waals surface area contributed by atoms with Gasteiger partial charge in [-0.05, 0) is 43.2 Å². The molecule has 0 aliphatic heterocycles. The topological polar surface area (TPSA) is 62.3 Å². The summed E-state index contributed by atoms with van der Waals surface area (Å²) < 4.78 is 25.9. The van der Waals surface area contributed by atoms with Crippen molar-refractivity contribution in [1.29, 1.82) is 0 Å². The maximum atomic E-state index is 12.2. The average Bonchev–Trinajstić information content (AvgIpc) is 3.06. The Bertz CT molecular complexity index is 1020. The summed E-state index contributed by atoms with van der Waals surface area (Å²) in [4.78, 5) is 5.46. The molecule has 0 bridgehead atoms. The quantitative estimate of drug-likeness (QED) is 0.737. The molecule has 1 N–H and O–H groups in total. The third-order valence-electron chi connectivity index (χ3n) is 4.26. The molecule has 1 aromatic carbocycles. The number of sulfonamides is 1. The number of aromatic nitrogens is 1. The Morgan fingerprint density at radius 1 is 1.12 bits per heavy atom. The molecule has 7 heteroatoms. The lowest BCUT2D eigenvalue weighted by Crippen LogP contribution is -2.21. The van der Waals surface area contributed by atoms with Gasteiger partial charge < -0.3 is 5.32 Å². The van der Waals surface area contributed by atoms with Gasteiger partial charge in [0.2, 0.25) is 0 Å². The van der Waals surface area contributed by atoms with E-state index in [9.17, 15) is 8.42 Å². The summed E-state index contributed by atoms with van der Waals surface area (Å²) in [6.07, 6.45) is 1.80. The number of fused-ring (bicyclic) bond motifs is 1. The van der Waals surface area contributed by atoms with Crippen LogP contribution in [0.25, 0.3) is 10.9 Å². The number of aryl methyl sites for hydroxylation is 2. The van der Waals surface area contributed by atoms with E-state index in [1.807, 2.05) is 12.1 Å². The number of nitrogens with zero attached hydrogens (tertiary/aromatic N) is 2. The number of pyridine rings is 1. The standard InChI is InChI=1S/C18H21N3O2S2/c1-12-5-7-15-16(9-10-19-18(15)13(12)2)20-11-14-6-8-17(24-14)25(22,23)21(3)4/h5-10H,11H2,1-4H3,(H,19,20). The lowest BCUT2D eigenvalue weighted by atomic mass is 10.0. The van der Waals surface area contributed by atoms with Crippen molar-refractivity contribution in [3.8, 4) is 0 Å². The lowest BCUT2D eigenvalue weighted by Gasteiger charge is -2.11. The fourth-order valence-corrected chi connectivity index (χ4v) is 5.03. The minimum Gasteiger partial charge on any atom is -0.380 e. The van der Waals surface area contributed by atoms with E-state index in [1.54, 1.807) is 26.4 Å². The molecule has 2 heterocycles. The summed E-state index contributed by atoms with van der Waals surface area (Å²) in [7, 11) is -0.286. The largest absolute Gasteiger partial charge is 0.380 e. The van der Waals surface area contributed by atoms with Gasteiger partial charge in [-0.2, -0.15) is 0 Å². The first-order valence-corrected chi connectivity index (χ1v) is 10.2. The van der Waals surface area contributed by atoms with Crippen molar-refractivity contribution in [1.82, 2.24) is 9.29 Å². The van der Waals surface area contributed by atoms with Crippen molar-refractivity contribution in [3.63, 3.8) is 0 Å². The van der Waals surface area contributed by atoms with Crippen LogP contribution in [-0.4, -0.2) is 31.8 Å². The zero-order valence-electron chi connectivity index (χ0n) is 14.7. The van der Waals surface area contributed by atoms with Gasteiger partial charge in [0.15, 0.2) is 0 Å². The van der Waals surface area contributed by atoms with E-state index in [-0.39, 0.29) is 0 Å². The molecule has 0 aliphatic carbocycles. The van der Waals surface area contributed by atoms with Gasteiger partial charge in [0.05, 0.1) is 5.52 Å². The summed E-state index contributed by atoms with van der Waals surface area (Å²) >= 11 is 1.29. The lowest BCUT2D eigenvalue weighted by molar-refractivity contribution is 0.523. The molecule has 3 rings (SSSR count). The van der Waals surface area contributed by atoms with Crippen LogP contribution in [0.1, 0.15) is 16.0 Å². The molecule has 0 aliphatic rings. The predicted octanol–water partition coefficient (Wildman–Crippen LogP) is 3.78. The van der Waals surface area contributed by atoms with Crippen molar-refractivity contribution in [2.24, 2.45) is 0 Å². The van der Waals surface area contributed by atoms with Gasteiger partial charge in [0, 0.05) is 42.8 Å². The molecule has 5 nitrogen and oxygen atoms in total. The molecule has 2 aromatic heterocycles. The third kappa shape index (κ3) is 3.40. The Kier molecular flexibility index (Phi) is 4.81. The van der Waals surface area contributed by atoms with Gasteiger partial charge in [-0.1, -0.05) is 12.1 Å². The second kappa shape index (κ2) is 6.74. The van der Waals surface area contributed by atoms with Crippen molar-refractivity contribution >= 4 is 38.0 Å². The SMILES string of the molecule is Cc1ccc2c(NCc3ccc(S(=O)(=O)N(C)C)s3)ccnc2c1C. The number of nitrogens with one attached hydrogen (secondary N) is 1. The molecule has 132 valence electrons. The van der Waals surface area contributed by atoms with Gasteiger partial charge >= 0.3 is 0 Å². The number of rotatable bonds is 5. The van der Waals surface area contributed by atoms with Gasteiger partial charge in [-0.25, -0.2) is 12.7 Å². The Labute approximate surface area is 152 Å². The molecule has 25 heavy (non-hydrogen) atoms. The van der Waals surface area contributed by atoms with Crippen LogP contribution < -0.4 is 5.32 Å². The Balaban J connectivity index is 1.85. The molecule has 0 unspecified atom stereocenters. The first-order valence-electron chi connectivity index (χ1n) is 7.90. The number of thiophene rings is 1. The molecule has 3 aromatic rings. The summed E-state index contributed by atoms with van der Waals surface area (Å²) in [5.41, 5.74) is 4.39. The predicted molar refractivity (Wildman–Crippen MR) is 104 cm³/mol. The smallest absolute Gasteiger partial charge is 0.252 e. The van der Waals surface area contributed by atoms with E-state index in [2.05, 4.69) is 36.3 Å². The molecular formula is C18H21N3O2S2. The maximum Gasteiger partial charge on any atom is 0.252 e. The van der Waals surface area contributed by atoms with E-state index >= 15 is 0 Å². The molecular weight excluding hydrogens is 354 g/mol. The second-order valence-electron chi connectivity index (χ2n) is 6.12. The van der Waals surface area contributed by atoms with E-state index in [1.165, 1.54) is 26.8 Å². The van der Waals surface area contributed by atoms with Crippen molar-refractivity contribution in [2.45, 2.75) is 24.6 Å². The fraction of sp³-hybridized carbons (Fsp3) is 0.278. The molecule has 0 spiro atoms. The summed E-state index contributed by atoms with van der Waals surface area (Å²) in [6, 6.07) is 9.63. The highest BCUT2D eigenvalue weighted by Crippen LogP contribution is 2.28. The molecule has 0 fully saturated rings. The Morgan fingerprint density at radius 2 is 1.88 bits per heavy atom. The number of hydrogen-bond acceptors (Lipinski definition) is 5. The normalized spacial score (nSPS) is 12.0. The number of anilines is 1. The Hall–Kier alpha value is -1.96. The molecule has 0 saturated carbocycles. The summed E-state index contributed by atoms with van der Waals surface area (Å²) in [5.74, 6) is 0. The molecule has 0 atom stereocenters. The van der Waals surface area contributed by atoms with Crippen molar-refractivity contribution < 1.29 is 8.42 Å². The highest BCUT2D eigenvalue weighted by atomic mass is 32.2. The third-order valence-corrected chi connectivity index (χ3v) is 7.63. The summed E-state index contributed by atoms with van der Waals surface area (Å²) in [6.45, 7) is 4.72. The first kappa shape index (κ1) is 17.8. The second-order valence-corrected chi connectivity index (χ2v) is 9.67. The average molecular weight is 376 g/mol. The minimum atomic E-state index is -3.37. The number of hydrogen-bond donors (Lipinski definition) is 1. The van der Waals surface area contributed by atoms with Crippen molar-refractivity contribution in [3.05, 3.63) is 52.5 Å². The summed E-state index contributed by atoms with van der Waals surface area (Å²) in [5, 5.41) is 4.48. The first-order chi connectivity index (χ1) is 11.8. The van der Waals surface area contributed by atoms with Crippen LogP contribution in [0.3, 0.4) is 0 Å². The van der Waals surface area contributed by atoms with Crippen LogP contribution in [-0.2, 0) is 16.6 Å². The van der Waals surface area contributed by atoms with E-state index in [4.69, 9.17) is 0 Å². The van der Waals surface area contributed by atoms with Gasteiger partial charge in [0.1, 0.15) is 4.21 Å². The molecule has 0 saturated heterocycles. The minimum absolute atomic E-state index is 0.361. The zero-order chi connectivity index (χ0) is 18.2. The highest BCUT2D eigenvalue weighted by molar-refractivity contribution is 7.91. The molecule has 0 amide bonds. The zero-order valence-corrected chi connectivity index (χ0v) is 16.3. The van der Waals surface area contributed by atoms with Gasteiger partial charge in [0.25, 0.3) is 10.0 Å². The van der Waals surface area contributed by atoms with Crippen LogP contribution >= 0.6 is 11.3 Å². The van der Waals surface area contributed by atoms with Crippen LogP contribution in [0.4, 0.5) is 5.69 Å². The van der Waals surface area contributed by atoms with E-state index in [0.29, 0.717) is 10.8 Å². The van der Waals surface area contributed by atoms with Crippen LogP contribution in [0, 0.1) is 13.8 Å².